The molecule has 1 heterocycles. The van der Waals surface area contributed by atoms with Crippen molar-refractivity contribution in [2.24, 2.45) is 0 Å². The molecule has 1 aliphatic carbocycles. The lowest BCUT2D eigenvalue weighted by atomic mass is 9.98. The number of carbonyl (C=O) groups excluding carboxylic acids is 1. The van der Waals surface area contributed by atoms with Crippen molar-refractivity contribution in [2.45, 2.75) is 13.3 Å². The van der Waals surface area contributed by atoms with E-state index < -0.39 is 0 Å². The van der Waals surface area contributed by atoms with Crippen molar-refractivity contribution >= 4 is 22.9 Å². The number of amides is 1. The first-order chi connectivity index (χ1) is 14.2. The van der Waals surface area contributed by atoms with Crippen molar-refractivity contribution in [2.75, 3.05) is 24.0 Å². The van der Waals surface area contributed by atoms with Crippen LogP contribution in [0.2, 0.25) is 0 Å². The topological polar surface area (TPSA) is 54.5 Å². The zero-order valence-electron chi connectivity index (χ0n) is 16.6. The van der Waals surface area contributed by atoms with Gasteiger partial charge in [-0.05, 0) is 65.1 Å². The minimum atomic E-state index is -0.0144. The molecule has 0 saturated heterocycles. The summed E-state index contributed by atoms with van der Waals surface area (Å²) in [6.07, 6.45) is 6.58. The van der Waals surface area contributed by atoms with E-state index in [4.69, 9.17) is 4.74 Å². The van der Waals surface area contributed by atoms with Gasteiger partial charge in [-0.15, -0.1) is 0 Å². The van der Waals surface area contributed by atoms with Gasteiger partial charge >= 0.3 is 0 Å². The van der Waals surface area contributed by atoms with Gasteiger partial charge in [-0.25, -0.2) is 0 Å². The monoisotopic (exact) mass is 385 g/mol. The van der Waals surface area contributed by atoms with Gasteiger partial charge in [-0.1, -0.05) is 24.3 Å². The average molecular weight is 385 g/mol. The van der Waals surface area contributed by atoms with Crippen LogP contribution in [0.25, 0.3) is 5.57 Å². The number of ether oxygens (including phenoxy) is 1. The molecule has 0 radical (unpaired) electrons. The molecule has 1 amide bonds. The summed E-state index contributed by atoms with van der Waals surface area (Å²) in [5, 5.41) is 3.28. The fraction of sp³-hybridized carbons (Fsp3) is 0.167. The quantitative estimate of drug-likeness (QED) is 0.635. The first-order valence-electron chi connectivity index (χ1n) is 9.55. The molecule has 4 rings (SSSR count). The van der Waals surface area contributed by atoms with Crippen LogP contribution in [-0.2, 0) is 11.2 Å². The number of aromatic nitrogens is 1. The van der Waals surface area contributed by atoms with Crippen LogP contribution in [0.15, 0.2) is 73.1 Å². The molecule has 0 unspecified atom stereocenters. The Balaban J connectivity index is 1.60. The van der Waals surface area contributed by atoms with E-state index in [0.717, 1.165) is 29.1 Å². The molecule has 1 aromatic heterocycles. The van der Waals surface area contributed by atoms with Crippen LogP contribution in [0, 0.1) is 0 Å². The van der Waals surface area contributed by atoms with Crippen molar-refractivity contribution in [3.8, 4) is 5.75 Å². The fourth-order valence-corrected chi connectivity index (χ4v) is 3.55. The molecule has 0 spiro atoms. The van der Waals surface area contributed by atoms with Gasteiger partial charge in [0.25, 0.3) is 0 Å². The molecule has 29 heavy (non-hydrogen) atoms. The van der Waals surface area contributed by atoms with Crippen LogP contribution in [-0.4, -0.2) is 24.7 Å². The molecule has 5 nitrogen and oxygen atoms in total. The highest BCUT2D eigenvalue weighted by Gasteiger charge is 2.19. The lowest BCUT2D eigenvalue weighted by Gasteiger charge is -2.23. The molecule has 5 heteroatoms. The van der Waals surface area contributed by atoms with Crippen LogP contribution >= 0.6 is 0 Å². The van der Waals surface area contributed by atoms with Gasteiger partial charge in [-0.3, -0.25) is 14.7 Å². The SMILES string of the molecule is COc1ccc(C2=CCc3ccc(N(CNc4ccncc4)C(C)=O)cc32)cc1. The predicted molar refractivity (Wildman–Crippen MR) is 116 cm³/mol. The average Bonchev–Trinajstić information content (AvgIpc) is 3.18. The molecular formula is C24H23N3O2. The number of hydrogen-bond donors (Lipinski definition) is 1. The number of pyridine rings is 1. The van der Waals surface area contributed by atoms with Crippen molar-refractivity contribution < 1.29 is 9.53 Å². The summed E-state index contributed by atoms with van der Waals surface area (Å²) >= 11 is 0. The smallest absolute Gasteiger partial charge is 0.225 e. The normalized spacial score (nSPS) is 12.1. The highest BCUT2D eigenvalue weighted by atomic mass is 16.5. The van der Waals surface area contributed by atoms with Crippen LogP contribution in [0.5, 0.6) is 5.75 Å². The molecule has 3 aromatic rings. The molecule has 0 fully saturated rings. The van der Waals surface area contributed by atoms with Crippen LogP contribution in [0.1, 0.15) is 23.6 Å². The highest BCUT2D eigenvalue weighted by molar-refractivity contribution is 5.94. The van der Waals surface area contributed by atoms with E-state index in [-0.39, 0.29) is 5.91 Å². The van der Waals surface area contributed by atoms with E-state index in [2.05, 4.69) is 40.6 Å². The van der Waals surface area contributed by atoms with Gasteiger partial charge in [0.05, 0.1) is 13.8 Å². The molecular weight excluding hydrogens is 362 g/mol. The number of hydrogen-bond acceptors (Lipinski definition) is 4. The molecule has 0 atom stereocenters. The molecule has 146 valence electrons. The molecule has 2 aromatic carbocycles. The maximum atomic E-state index is 12.3. The van der Waals surface area contributed by atoms with Crippen LogP contribution in [0.4, 0.5) is 11.4 Å². The Bertz CT molecular complexity index is 1040. The van der Waals surface area contributed by atoms with E-state index in [1.807, 2.05) is 30.3 Å². The summed E-state index contributed by atoms with van der Waals surface area (Å²) in [6.45, 7) is 1.97. The van der Waals surface area contributed by atoms with Gasteiger partial charge in [0, 0.05) is 30.7 Å². The molecule has 0 saturated carbocycles. The van der Waals surface area contributed by atoms with E-state index >= 15 is 0 Å². The summed E-state index contributed by atoms with van der Waals surface area (Å²) in [5.74, 6) is 0.825. The van der Waals surface area contributed by atoms with Crippen LogP contribution in [0.3, 0.4) is 0 Å². The number of allylic oxidation sites excluding steroid dienone is 1. The third-order valence-electron chi connectivity index (χ3n) is 5.12. The van der Waals surface area contributed by atoms with Crippen molar-refractivity contribution in [1.82, 2.24) is 4.98 Å². The summed E-state index contributed by atoms with van der Waals surface area (Å²) < 4.78 is 5.27. The standard InChI is InChI=1S/C24H23N3O2/c1-17(28)27(16-26-20-11-13-25-14-12-20)21-7-3-19-6-10-23(24(19)15-21)18-4-8-22(29-2)9-5-18/h3-5,7-15H,6,16H2,1-2H3,(H,25,26). The maximum absolute atomic E-state index is 12.3. The first-order valence-corrected chi connectivity index (χ1v) is 9.55. The Labute approximate surface area is 170 Å². The van der Waals surface area contributed by atoms with Gasteiger partial charge < -0.3 is 10.1 Å². The largest absolute Gasteiger partial charge is 0.497 e. The number of methoxy groups -OCH3 is 1. The number of nitrogens with one attached hydrogen (secondary N) is 1. The summed E-state index contributed by atoms with van der Waals surface area (Å²) in [7, 11) is 1.67. The lowest BCUT2D eigenvalue weighted by Crippen LogP contribution is -2.33. The third-order valence-corrected chi connectivity index (χ3v) is 5.12. The Morgan fingerprint density at radius 2 is 1.86 bits per heavy atom. The second kappa shape index (κ2) is 8.19. The summed E-state index contributed by atoms with van der Waals surface area (Å²) in [4.78, 5) is 18.1. The molecule has 0 aliphatic heterocycles. The van der Waals surface area contributed by atoms with Crippen molar-refractivity contribution in [3.05, 3.63) is 89.8 Å². The molecule has 1 N–H and O–H groups in total. The number of nitrogens with zero attached hydrogens (tertiary/aromatic N) is 2. The Morgan fingerprint density at radius 3 is 2.55 bits per heavy atom. The predicted octanol–water partition coefficient (Wildman–Crippen LogP) is 4.50. The van der Waals surface area contributed by atoms with Crippen LogP contribution < -0.4 is 15.0 Å². The summed E-state index contributed by atoms with van der Waals surface area (Å²) in [6, 6.07) is 18.1. The van der Waals surface area contributed by atoms with Gasteiger partial charge in [0.2, 0.25) is 5.91 Å². The Kier molecular flexibility index (Phi) is 5.29. The minimum Gasteiger partial charge on any atom is -0.497 e. The summed E-state index contributed by atoms with van der Waals surface area (Å²) in [5.41, 5.74) is 6.57. The Hall–Kier alpha value is -3.60. The number of carbonyl (C=O) groups is 1. The van der Waals surface area contributed by atoms with Crippen molar-refractivity contribution in [1.29, 1.82) is 0 Å². The number of benzene rings is 2. The molecule has 0 bridgehead atoms. The molecule has 1 aliphatic rings. The zero-order valence-corrected chi connectivity index (χ0v) is 16.6. The van der Waals surface area contributed by atoms with Gasteiger partial charge in [0.15, 0.2) is 0 Å². The number of fused-ring (bicyclic) bond motifs is 1. The fourth-order valence-electron chi connectivity index (χ4n) is 3.55. The highest BCUT2D eigenvalue weighted by Crippen LogP contribution is 2.36. The Morgan fingerprint density at radius 1 is 1.10 bits per heavy atom. The first kappa shape index (κ1) is 18.7. The number of rotatable bonds is 6. The van der Waals surface area contributed by atoms with E-state index in [9.17, 15) is 4.79 Å². The van der Waals surface area contributed by atoms with E-state index in [1.54, 1.807) is 31.3 Å². The third kappa shape index (κ3) is 3.99. The maximum Gasteiger partial charge on any atom is 0.225 e. The lowest BCUT2D eigenvalue weighted by molar-refractivity contribution is -0.116. The van der Waals surface area contributed by atoms with E-state index in [1.165, 1.54) is 16.7 Å². The number of anilines is 2. The second-order valence-corrected chi connectivity index (χ2v) is 6.91. The van der Waals surface area contributed by atoms with Gasteiger partial charge in [-0.2, -0.15) is 0 Å². The van der Waals surface area contributed by atoms with Gasteiger partial charge in [0.1, 0.15) is 5.75 Å². The zero-order chi connectivity index (χ0) is 20.2. The van der Waals surface area contributed by atoms with Crippen molar-refractivity contribution in [3.63, 3.8) is 0 Å². The minimum absolute atomic E-state index is 0.0144. The van der Waals surface area contributed by atoms with E-state index in [0.29, 0.717) is 6.67 Å². The second-order valence-electron chi connectivity index (χ2n) is 6.91.